The number of aryl methyl sites for hydroxylation is 3. The summed E-state index contributed by atoms with van der Waals surface area (Å²) in [5.41, 5.74) is 4.28. The summed E-state index contributed by atoms with van der Waals surface area (Å²) >= 11 is 0. The van der Waals surface area contributed by atoms with Crippen LogP contribution in [0.2, 0.25) is 0 Å². The fraction of sp³-hybridized carbons (Fsp3) is 0.188. The highest BCUT2D eigenvalue weighted by molar-refractivity contribution is 6.05. The molecule has 0 amide bonds. The molecule has 5 nitrogen and oxygen atoms in total. The van der Waals surface area contributed by atoms with Crippen LogP contribution in [0.4, 0.5) is 0 Å². The molecule has 21 heavy (non-hydrogen) atoms. The summed E-state index contributed by atoms with van der Waals surface area (Å²) in [5, 5.41) is 4.18. The molecule has 3 heterocycles. The van der Waals surface area contributed by atoms with Crippen LogP contribution in [-0.2, 0) is 7.05 Å². The molecule has 0 bridgehead atoms. The Bertz CT molecular complexity index is 835. The third-order valence-corrected chi connectivity index (χ3v) is 3.45. The van der Waals surface area contributed by atoms with Crippen molar-refractivity contribution in [1.82, 2.24) is 19.2 Å². The molecule has 0 saturated carbocycles. The van der Waals surface area contributed by atoms with Gasteiger partial charge in [-0.25, -0.2) is 4.98 Å². The van der Waals surface area contributed by atoms with E-state index >= 15 is 0 Å². The van der Waals surface area contributed by atoms with E-state index in [0.29, 0.717) is 5.69 Å². The highest BCUT2D eigenvalue weighted by atomic mass is 16.1. The van der Waals surface area contributed by atoms with Gasteiger partial charge in [0.25, 0.3) is 0 Å². The second-order valence-electron chi connectivity index (χ2n) is 5.11. The number of carbonyl (C=O) groups excluding carboxylic acids is 1. The first-order valence-electron chi connectivity index (χ1n) is 6.71. The van der Waals surface area contributed by atoms with Gasteiger partial charge in [0.15, 0.2) is 0 Å². The van der Waals surface area contributed by atoms with Gasteiger partial charge in [-0.3, -0.25) is 9.48 Å². The summed E-state index contributed by atoms with van der Waals surface area (Å²) < 4.78 is 3.65. The average molecular weight is 280 g/mol. The van der Waals surface area contributed by atoms with Crippen molar-refractivity contribution >= 4 is 17.5 Å². The van der Waals surface area contributed by atoms with E-state index in [1.54, 1.807) is 23.0 Å². The third-order valence-electron chi connectivity index (χ3n) is 3.45. The maximum Gasteiger partial charge on any atom is 0.206 e. The smallest absolute Gasteiger partial charge is 0.206 e. The number of nitrogens with zero attached hydrogens (tertiary/aromatic N) is 4. The monoisotopic (exact) mass is 280 g/mol. The highest BCUT2D eigenvalue weighted by Crippen LogP contribution is 2.11. The van der Waals surface area contributed by atoms with Crippen LogP contribution in [-0.4, -0.2) is 24.9 Å². The van der Waals surface area contributed by atoms with E-state index in [9.17, 15) is 4.79 Å². The van der Waals surface area contributed by atoms with Gasteiger partial charge in [-0.2, -0.15) is 5.10 Å². The van der Waals surface area contributed by atoms with Gasteiger partial charge in [-0.1, -0.05) is 6.07 Å². The van der Waals surface area contributed by atoms with Gasteiger partial charge in [0.2, 0.25) is 5.78 Å². The lowest BCUT2D eigenvalue weighted by Crippen LogP contribution is -1.98. The van der Waals surface area contributed by atoms with E-state index in [0.717, 1.165) is 22.6 Å². The van der Waals surface area contributed by atoms with Crippen LogP contribution in [0.1, 0.15) is 27.4 Å². The van der Waals surface area contributed by atoms with Crippen molar-refractivity contribution in [3.05, 3.63) is 59.3 Å². The second-order valence-corrected chi connectivity index (χ2v) is 5.11. The van der Waals surface area contributed by atoms with Crippen molar-refractivity contribution in [2.45, 2.75) is 13.8 Å². The fourth-order valence-electron chi connectivity index (χ4n) is 2.16. The molecule has 0 atom stereocenters. The summed E-state index contributed by atoms with van der Waals surface area (Å²) in [7, 11) is 1.82. The first kappa shape index (κ1) is 13.3. The zero-order chi connectivity index (χ0) is 15.0. The molecule has 3 aromatic heterocycles. The number of imidazole rings is 1. The number of aromatic nitrogens is 4. The van der Waals surface area contributed by atoms with Gasteiger partial charge in [0, 0.05) is 18.9 Å². The lowest BCUT2D eigenvalue weighted by Gasteiger charge is -1.98. The lowest BCUT2D eigenvalue weighted by atomic mass is 10.2. The topological polar surface area (TPSA) is 52.2 Å². The molecule has 5 heteroatoms. The minimum atomic E-state index is -0.110. The Hall–Kier alpha value is -2.69. The summed E-state index contributed by atoms with van der Waals surface area (Å²) in [6.07, 6.45) is 7.05. The number of allylic oxidation sites excluding steroid dienone is 1. The molecule has 0 aromatic carbocycles. The normalized spacial score (nSPS) is 11.6. The number of hydrogen-bond donors (Lipinski definition) is 0. The Kier molecular flexibility index (Phi) is 3.17. The largest absolute Gasteiger partial charge is 0.300 e. The minimum absolute atomic E-state index is 0.110. The van der Waals surface area contributed by atoms with Gasteiger partial charge in [0.1, 0.15) is 11.3 Å². The van der Waals surface area contributed by atoms with Crippen LogP contribution in [0, 0.1) is 13.8 Å². The Labute approximate surface area is 122 Å². The standard InChI is InChI=1S/C16H16N4O/c1-11-4-7-16-17-9-13(20(16)10-11)5-6-15(21)14-8-12(2)19(3)18-14/h4-10H,1-3H3/b6-5+. The molecule has 0 unspecified atom stereocenters. The van der Waals surface area contributed by atoms with Gasteiger partial charge >= 0.3 is 0 Å². The first-order chi connectivity index (χ1) is 10.0. The van der Waals surface area contributed by atoms with Gasteiger partial charge in [-0.15, -0.1) is 0 Å². The van der Waals surface area contributed by atoms with E-state index in [-0.39, 0.29) is 5.78 Å². The highest BCUT2D eigenvalue weighted by Gasteiger charge is 2.08. The molecule has 3 aromatic rings. The number of carbonyl (C=O) groups is 1. The number of rotatable bonds is 3. The van der Waals surface area contributed by atoms with Gasteiger partial charge in [-0.05, 0) is 43.7 Å². The Morgan fingerprint density at radius 2 is 2.10 bits per heavy atom. The van der Waals surface area contributed by atoms with Crippen molar-refractivity contribution in [1.29, 1.82) is 0 Å². The van der Waals surface area contributed by atoms with E-state index in [1.807, 2.05) is 43.6 Å². The van der Waals surface area contributed by atoms with Crippen LogP contribution in [0.15, 0.2) is 36.7 Å². The quantitative estimate of drug-likeness (QED) is 0.547. The maximum atomic E-state index is 12.1. The second kappa shape index (κ2) is 5.01. The van der Waals surface area contributed by atoms with Crippen LogP contribution in [0.5, 0.6) is 0 Å². The summed E-state index contributed by atoms with van der Waals surface area (Å²) in [5.74, 6) is -0.110. The molecule has 0 radical (unpaired) electrons. The Balaban J connectivity index is 1.90. The predicted molar refractivity (Wildman–Crippen MR) is 81.2 cm³/mol. The van der Waals surface area contributed by atoms with Crippen LogP contribution < -0.4 is 0 Å². The summed E-state index contributed by atoms with van der Waals surface area (Å²) in [6, 6.07) is 5.75. The van der Waals surface area contributed by atoms with Crippen LogP contribution >= 0.6 is 0 Å². The van der Waals surface area contributed by atoms with Crippen molar-refractivity contribution in [3.63, 3.8) is 0 Å². The minimum Gasteiger partial charge on any atom is -0.300 e. The molecule has 0 N–H and O–H groups in total. The molecular weight excluding hydrogens is 264 g/mol. The molecule has 0 aliphatic rings. The Morgan fingerprint density at radius 3 is 2.81 bits per heavy atom. The number of hydrogen-bond acceptors (Lipinski definition) is 3. The lowest BCUT2D eigenvalue weighted by molar-refractivity contribution is 0.104. The zero-order valence-corrected chi connectivity index (χ0v) is 12.2. The Morgan fingerprint density at radius 1 is 1.29 bits per heavy atom. The van der Waals surface area contributed by atoms with Crippen molar-refractivity contribution < 1.29 is 4.79 Å². The molecule has 3 rings (SSSR count). The molecule has 0 fully saturated rings. The van der Waals surface area contributed by atoms with Crippen LogP contribution in [0.25, 0.3) is 11.7 Å². The third kappa shape index (κ3) is 2.50. The van der Waals surface area contributed by atoms with Gasteiger partial charge in [0.05, 0.1) is 11.9 Å². The van der Waals surface area contributed by atoms with Crippen molar-refractivity contribution in [3.8, 4) is 0 Å². The SMILES string of the molecule is Cc1ccc2ncc(/C=C/C(=O)c3cc(C)n(C)n3)n2c1. The zero-order valence-electron chi connectivity index (χ0n) is 12.2. The van der Waals surface area contributed by atoms with Gasteiger partial charge < -0.3 is 4.40 Å². The molecule has 0 aliphatic carbocycles. The fourth-order valence-corrected chi connectivity index (χ4v) is 2.16. The van der Waals surface area contributed by atoms with E-state index in [1.165, 1.54) is 6.08 Å². The van der Waals surface area contributed by atoms with Crippen molar-refractivity contribution in [2.75, 3.05) is 0 Å². The summed E-state index contributed by atoms with van der Waals surface area (Å²) in [6.45, 7) is 3.94. The number of fused-ring (bicyclic) bond motifs is 1. The molecular formula is C16H16N4O. The number of pyridine rings is 1. The van der Waals surface area contributed by atoms with E-state index in [2.05, 4.69) is 10.1 Å². The average Bonchev–Trinajstić information content (AvgIpc) is 3.00. The van der Waals surface area contributed by atoms with E-state index < -0.39 is 0 Å². The maximum absolute atomic E-state index is 12.1. The van der Waals surface area contributed by atoms with Crippen molar-refractivity contribution in [2.24, 2.45) is 7.05 Å². The molecule has 0 spiro atoms. The predicted octanol–water partition coefficient (Wildman–Crippen LogP) is 2.58. The molecule has 0 aliphatic heterocycles. The number of ketones is 1. The van der Waals surface area contributed by atoms with E-state index in [4.69, 9.17) is 0 Å². The molecule has 0 saturated heterocycles. The molecule has 106 valence electrons. The summed E-state index contributed by atoms with van der Waals surface area (Å²) in [4.78, 5) is 16.4. The van der Waals surface area contributed by atoms with Crippen LogP contribution in [0.3, 0.4) is 0 Å². The first-order valence-corrected chi connectivity index (χ1v) is 6.71.